The van der Waals surface area contributed by atoms with Crippen LogP contribution in [0.4, 0.5) is 0 Å². The molecule has 0 radical (unpaired) electrons. The molecule has 0 aromatic heterocycles. The number of carbonyl (C=O) groups excluding carboxylic acids is 1. The molecule has 0 unspecified atom stereocenters. The van der Waals surface area contributed by atoms with Crippen LogP contribution in [0.3, 0.4) is 0 Å². The topological polar surface area (TPSA) is 76.0 Å². The summed E-state index contributed by atoms with van der Waals surface area (Å²) in [5.74, 6) is -0.245. The van der Waals surface area contributed by atoms with E-state index >= 15 is 0 Å². The molecule has 0 spiro atoms. The number of rotatable bonds is 8. The Morgan fingerprint density at radius 3 is 2.29 bits per heavy atom. The van der Waals surface area contributed by atoms with Gasteiger partial charge in [0.05, 0.1) is 35.6 Å². The maximum absolute atomic E-state index is 13.0. The molecule has 0 amide bonds. The van der Waals surface area contributed by atoms with E-state index in [4.69, 9.17) is 9.47 Å². The van der Waals surface area contributed by atoms with Crippen LogP contribution in [0, 0.1) is 17.8 Å². The summed E-state index contributed by atoms with van der Waals surface area (Å²) in [5, 5.41) is 20.6. The summed E-state index contributed by atoms with van der Waals surface area (Å²) in [7, 11) is 0. The molecular weight excluding hydrogens is 356 g/mol. The van der Waals surface area contributed by atoms with E-state index in [1.54, 1.807) is 13.8 Å². The van der Waals surface area contributed by atoms with Gasteiger partial charge >= 0.3 is 0 Å². The Bertz CT molecular complexity index is 535. The van der Waals surface area contributed by atoms with Crippen LogP contribution in [0.15, 0.2) is 0 Å². The average molecular weight is 399 g/mol. The van der Waals surface area contributed by atoms with Crippen molar-refractivity contribution in [2.45, 2.75) is 123 Å². The van der Waals surface area contributed by atoms with Gasteiger partial charge in [-0.3, -0.25) is 4.79 Å². The van der Waals surface area contributed by atoms with Crippen LogP contribution in [0.1, 0.15) is 87.0 Å². The smallest absolute Gasteiger partial charge is 0.143 e. The van der Waals surface area contributed by atoms with Gasteiger partial charge in [0, 0.05) is 11.8 Å². The van der Waals surface area contributed by atoms with E-state index in [0.29, 0.717) is 19.3 Å². The van der Waals surface area contributed by atoms with Gasteiger partial charge in [0.15, 0.2) is 0 Å². The minimum atomic E-state index is -0.760. The highest BCUT2D eigenvalue weighted by Crippen LogP contribution is 2.48. The molecular formula is C23H42O5. The molecule has 5 nitrogen and oxygen atoms in total. The predicted molar refractivity (Wildman–Crippen MR) is 110 cm³/mol. The van der Waals surface area contributed by atoms with Crippen LogP contribution in [0.2, 0.25) is 0 Å². The Balaban J connectivity index is 2.20. The summed E-state index contributed by atoms with van der Waals surface area (Å²) in [6.07, 6.45) is 3.49. The zero-order chi connectivity index (χ0) is 21.3. The molecule has 2 aliphatic rings. The first kappa shape index (κ1) is 23.8. The third-order valence-electron chi connectivity index (χ3n) is 7.74. The van der Waals surface area contributed by atoms with Crippen LogP contribution in [-0.4, -0.2) is 51.6 Å². The van der Waals surface area contributed by atoms with E-state index in [1.165, 1.54) is 0 Å². The lowest BCUT2D eigenvalue weighted by molar-refractivity contribution is -0.229. The van der Waals surface area contributed by atoms with Crippen LogP contribution in [0.25, 0.3) is 0 Å². The fourth-order valence-corrected chi connectivity index (χ4v) is 5.29. The SMILES string of the molecule is CC[C@H](C(=O)[C@H](C)[C@@H](C)O)[C@H]1O[C@](CC)([C@H]2CC[C@@](O)(CC)[C@H](C)O2)C[C@@H]1C. The molecule has 0 saturated carbocycles. The monoisotopic (exact) mass is 398 g/mol. The minimum Gasteiger partial charge on any atom is -0.393 e. The highest BCUT2D eigenvalue weighted by molar-refractivity contribution is 5.84. The molecule has 2 saturated heterocycles. The molecule has 0 aromatic rings. The van der Waals surface area contributed by atoms with Crippen LogP contribution >= 0.6 is 0 Å². The number of carbonyl (C=O) groups is 1. The van der Waals surface area contributed by atoms with E-state index in [2.05, 4.69) is 13.8 Å². The van der Waals surface area contributed by atoms with Gasteiger partial charge in [-0.15, -0.1) is 0 Å². The number of hydrogen-bond donors (Lipinski definition) is 2. The van der Waals surface area contributed by atoms with Crippen molar-refractivity contribution in [3.8, 4) is 0 Å². The third kappa shape index (κ3) is 4.33. The van der Waals surface area contributed by atoms with E-state index in [9.17, 15) is 15.0 Å². The highest BCUT2D eigenvalue weighted by Gasteiger charge is 2.55. The maximum atomic E-state index is 13.0. The number of ketones is 1. The second kappa shape index (κ2) is 9.11. The lowest BCUT2D eigenvalue weighted by Crippen LogP contribution is -2.55. The van der Waals surface area contributed by atoms with Gasteiger partial charge in [0.25, 0.3) is 0 Å². The summed E-state index contributed by atoms with van der Waals surface area (Å²) in [6.45, 7) is 13.8. The lowest BCUT2D eigenvalue weighted by atomic mass is 9.77. The summed E-state index contributed by atoms with van der Waals surface area (Å²) in [5.41, 5.74) is -1.17. The van der Waals surface area contributed by atoms with Gasteiger partial charge in [-0.1, -0.05) is 34.6 Å². The van der Waals surface area contributed by atoms with Crippen molar-refractivity contribution in [3.63, 3.8) is 0 Å². The first-order chi connectivity index (χ1) is 13.0. The van der Waals surface area contributed by atoms with E-state index in [-0.39, 0.29) is 41.8 Å². The normalized spacial score (nSPS) is 42.2. The number of aliphatic hydroxyl groups excluding tert-OH is 1. The molecule has 2 N–H and O–H groups in total. The average Bonchev–Trinajstić information content (AvgIpc) is 3.01. The Kier molecular flexibility index (Phi) is 7.74. The van der Waals surface area contributed by atoms with Crippen molar-refractivity contribution in [2.24, 2.45) is 17.8 Å². The van der Waals surface area contributed by atoms with Crippen molar-refractivity contribution < 1.29 is 24.5 Å². The molecule has 0 aromatic carbocycles. The Morgan fingerprint density at radius 1 is 1.18 bits per heavy atom. The molecule has 2 aliphatic heterocycles. The first-order valence-electron chi connectivity index (χ1n) is 11.3. The zero-order valence-corrected chi connectivity index (χ0v) is 18.9. The lowest BCUT2D eigenvalue weighted by Gasteiger charge is -2.47. The number of aliphatic hydroxyl groups is 2. The van der Waals surface area contributed by atoms with Gasteiger partial charge in [0.1, 0.15) is 5.78 Å². The van der Waals surface area contributed by atoms with Gasteiger partial charge in [-0.05, 0) is 58.3 Å². The van der Waals surface area contributed by atoms with E-state index in [1.807, 2.05) is 20.8 Å². The quantitative estimate of drug-likeness (QED) is 0.649. The maximum Gasteiger partial charge on any atom is 0.143 e. The zero-order valence-electron chi connectivity index (χ0n) is 18.9. The van der Waals surface area contributed by atoms with Crippen molar-refractivity contribution in [2.75, 3.05) is 0 Å². The number of ether oxygens (including phenoxy) is 2. The van der Waals surface area contributed by atoms with E-state index < -0.39 is 17.3 Å². The fourth-order valence-electron chi connectivity index (χ4n) is 5.29. The van der Waals surface area contributed by atoms with Crippen LogP contribution < -0.4 is 0 Å². The van der Waals surface area contributed by atoms with E-state index in [0.717, 1.165) is 19.3 Å². The van der Waals surface area contributed by atoms with Gasteiger partial charge in [0.2, 0.25) is 0 Å². The Morgan fingerprint density at radius 2 is 1.82 bits per heavy atom. The second-order valence-corrected chi connectivity index (χ2v) is 9.39. The second-order valence-electron chi connectivity index (χ2n) is 9.39. The van der Waals surface area contributed by atoms with Crippen LogP contribution in [-0.2, 0) is 14.3 Å². The van der Waals surface area contributed by atoms with Gasteiger partial charge in [-0.2, -0.15) is 0 Å². The van der Waals surface area contributed by atoms with Crippen molar-refractivity contribution in [3.05, 3.63) is 0 Å². The van der Waals surface area contributed by atoms with Crippen LogP contribution in [0.5, 0.6) is 0 Å². The van der Waals surface area contributed by atoms with Crippen molar-refractivity contribution >= 4 is 5.78 Å². The third-order valence-corrected chi connectivity index (χ3v) is 7.74. The minimum absolute atomic E-state index is 0.0615. The Labute approximate surface area is 171 Å². The summed E-state index contributed by atoms with van der Waals surface area (Å²) >= 11 is 0. The molecule has 2 rings (SSSR count). The standard InChI is InChI=1S/C23H42O5/c1-8-18(20(25)15(5)16(6)24)21-14(4)13-23(10-3,28-21)19-11-12-22(26,9-2)17(7)27-19/h14-19,21,24,26H,8-13H2,1-7H3/t14-,15+,16+,17-,18+,19+,21-,22-,23-/m0/s1. The molecule has 2 heterocycles. The number of Topliss-reactive ketones (excluding diaryl/α,β-unsaturated/α-hetero) is 1. The Hall–Kier alpha value is -0.490. The fraction of sp³-hybridized carbons (Fsp3) is 0.957. The number of hydrogen-bond acceptors (Lipinski definition) is 5. The van der Waals surface area contributed by atoms with Gasteiger partial charge in [-0.25, -0.2) is 0 Å². The molecule has 164 valence electrons. The molecule has 0 aliphatic carbocycles. The molecule has 2 fully saturated rings. The molecule has 9 atom stereocenters. The van der Waals surface area contributed by atoms with Crippen molar-refractivity contribution in [1.82, 2.24) is 0 Å². The molecule has 0 bridgehead atoms. The predicted octanol–water partition coefficient (Wildman–Crippen LogP) is 3.88. The first-order valence-corrected chi connectivity index (χ1v) is 11.3. The largest absolute Gasteiger partial charge is 0.393 e. The highest BCUT2D eigenvalue weighted by atomic mass is 16.6. The summed E-state index contributed by atoms with van der Waals surface area (Å²) in [6, 6.07) is 0. The van der Waals surface area contributed by atoms with Gasteiger partial charge < -0.3 is 19.7 Å². The summed E-state index contributed by atoms with van der Waals surface area (Å²) < 4.78 is 13.0. The van der Waals surface area contributed by atoms with Crippen molar-refractivity contribution in [1.29, 1.82) is 0 Å². The summed E-state index contributed by atoms with van der Waals surface area (Å²) in [4.78, 5) is 13.0. The molecule has 5 heteroatoms. The molecule has 28 heavy (non-hydrogen) atoms.